The highest BCUT2D eigenvalue weighted by molar-refractivity contribution is 7.32. The summed E-state index contributed by atoms with van der Waals surface area (Å²) in [7, 11) is 0. The van der Waals surface area contributed by atoms with Gasteiger partial charge in [0.1, 0.15) is 5.52 Å². The maximum Gasteiger partial charge on any atom is 0.266 e. The van der Waals surface area contributed by atoms with E-state index in [1.807, 2.05) is 42.5 Å². The van der Waals surface area contributed by atoms with Crippen LogP contribution in [0.15, 0.2) is 119 Å². The molecular weight excluding hydrogens is 697 g/mol. The van der Waals surface area contributed by atoms with E-state index in [2.05, 4.69) is 66.7 Å². The van der Waals surface area contributed by atoms with Gasteiger partial charge in [-0.2, -0.15) is 0 Å². The molecule has 0 aliphatic heterocycles. The van der Waals surface area contributed by atoms with Crippen LogP contribution in [-0.4, -0.2) is 18.8 Å². The molecule has 0 fully saturated rings. The Bertz CT molecular complexity index is 3620. The second kappa shape index (κ2) is 9.58. The Morgan fingerprint density at radius 2 is 1.04 bits per heavy atom. The summed E-state index contributed by atoms with van der Waals surface area (Å²) in [5.41, 5.74) is 5.29. The Kier molecular flexibility index (Phi) is 5.24. The van der Waals surface area contributed by atoms with Gasteiger partial charge in [-0.15, -0.1) is 22.7 Å². The largest absolute Gasteiger partial charge is 0.268 e. The molecule has 12 rings (SSSR count). The van der Waals surface area contributed by atoms with Crippen molar-refractivity contribution in [3.8, 4) is 11.1 Å². The van der Waals surface area contributed by atoms with Gasteiger partial charge in [-0.1, -0.05) is 83.3 Å². The molecule has 0 saturated heterocycles. The van der Waals surface area contributed by atoms with E-state index in [-0.39, 0.29) is 11.1 Å². The molecule has 0 spiro atoms. The standard InChI is InChI=1S/C40H18N4O2S4/c45-37-25-6-2-4-8-31(25)49-40-42-33-28(43(37)40)16-14-23-22-11-9-20(18-32(22)48-34(23)33)19-10-15-27-29(17-19)44-38(46)26-13-12-24-21-5-1-3-7-30(21)47-35(24)36(26)50-39(44)41-27/h1-18H. The van der Waals surface area contributed by atoms with Gasteiger partial charge in [0, 0.05) is 35.6 Å². The summed E-state index contributed by atoms with van der Waals surface area (Å²) in [6, 6.07) is 37.1. The molecule has 6 nitrogen and oxygen atoms in total. The fourth-order valence-electron chi connectivity index (χ4n) is 7.49. The molecule has 0 aliphatic carbocycles. The molecule has 234 valence electrons. The third kappa shape index (κ3) is 3.50. The fraction of sp³-hybridized carbons (Fsp3) is 0. The number of fused-ring (bicyclic) bond motifs is 16. The highest BCUT2D eigenvalue weighted by atomic mass is 32.1. The van der Waals surface area contributed by atoms with Gasteiger partial charge >= 0.3 is 0 Å². The zero-order chi connectivity index (χ0) is 32.8. The SMILES string of the molecule is O=c1c2ccc3c4ccccc4sc3c2sc2nc3ccc(-c4ccc5c(c4)sc4c5ccc5c4nc4sc6ccccc6c(=O)n45)cc3n12. The molecule has 50 heavy (non-hydrogen) atoms. The predicted octanol–water partition coefficient (Wildman–Crippen LogP) is 10.8. The Morgan fingerprint density at radius 3 is 1.94 bits per heavy atom. The summed E-state index contributed by atoms with van der Waals surface area (Å²) in [6.07, 6.45) is 0. The van der Waals surface area contributed by atoms with E-state index in [9.17, 15) is 9.59 Å². The summed E-state index contributed by atoms with van der Waals surface area (Å²) in [5.74, 6) is 0. The topological polar surface area (TPSA) is 68.7 Å². The van der Waals surface area contributed by atoms with Crippen molar-refractivity contribution in [1.82, 2.24) is 18.8 Å². The first-order chi connectivity index (χ1) is 24.6. The lowest BCUT2D eigenvalue weighted by Gasteiger charge is -2.04. The minimum Gasteiger partial charge on any atom is -0.268 e. The van der Waals surface area contributed by atoms with E-state index in [1.165, 1.54) is 26.8 Å². The lowest BCUT2D eigenvalue weighted by atomic mass is 10.0. The first-order valence-electron chi connectivity index (χ1n) is 16.0. The minimum absolute atomic E-state index is 0.0363. The number of hydrogen-bond donors (Lipinski definition) is 0. The zero-order valence-electron chi connectivity index (χ0n) is 25.6. The minimum atomic E-state index is -0.0424. The number of hydrogen-bond acceptors (Lipinski definition) is 8. The predicted molar refractivity (Wildman–Crippen MR) is 213 cm³/mol. The Morgan fingerprint density at radius 1 is 0.440 bits per heavy atom. The van der Waals surface area contributed by atoms with Gasteiger partial charge in [-0.05, 0) is 59.7 Å². The van der Waals surface area contributed by atoms with Crippen LogP contribution in [0.1, 0.15) is 0 Å². The van der Waals surface area contributed by atoms with Gasteiger partial charge < -0.3 is 0 Å². The van der Waals surface area contributed by atoms with E-state index in [0.29, 0.717) is 20.7 Å². The number of imidazole rings is 2. The van der Waals surface area contributed by atoms with Crippen LogP contribution in [0.3, 0.4) is 0 Å². The molecule has 0 bridgehead atoms. The van der Waals surface area contributed by atoms with Gasteiger partial charge in [0.2, 0.25) is 0 Å². The second-order valence-corrected chi connectivity index (χ2v) is 16.6. The molecule has 0 atom stereocenters. The highest BCUT2D eigenvalue weighted by Gasteiger charge is 2.19. The molecule has 6 aromatic carbocycles. The molecular formula is C40H18N4O2S4. The van der Waals surface area contributed by atoms with Crippen LogP contribution in [0.5, 0.6) is 0 Å². The van der Waals surface area contributed by atoms with Gasteiger partial charge in [0.05, 0.1) is 41.4 Å². The molecule has 6 aromatic heterocycles. The lowest BCUT2D eigenvalue weighted by Crippen LogP contribution is -2.11. The monoisotopic (exact) mass is 714 g/mol. The van der Waals surface area contributed by atoms with Crippen molar-refractivity contribution in [2.45, 2.75) is 0 Å². The maximum atomic E-state index is 14.1. The summed E-state index contributed by atoms with van der Waals surface area (Å²) >= 11 is 6.56. The molecule has 0 unspecified atom stereocenters. The molecule has 10 heteroatoms. The van der Waals surface area contributed by atoms with Crippen LogP contribution >= 0.6 is 45.3 Å². The molecule has 0 aliphatic rings. The zero-order valence-corrected chi connectivity index (χ0v) is 28.9. The average Bonchev–Trinajstić information content (AvgIpc) is 3.91. The van der Waals surface area contributed by atoms with Gasteiger partial charge in [0.25, 0.3) is 11.1 Å². The average molecular weight is 715 g/mol. The van der Waals surface area contributed by atoms with E-state index in [1.54, 1.807) is 42.8 Å². The van der Waals surface area contributed by atoms with Gasteiger partial charge in [-0.25, -0.2) is 18.8 Å². The number of rotatable bonds is 1. The fourth-order valence-corrected chi connectivity index (χ4v) is 12.2. The van der Waals surface area contributed by atoms with Crippen molar-refractivity contribution in [2.75, 3.05) is 0 Å². The van der Waals surface area contributed by atoms with E-state index in [4.69, 9.17) is 9.97 Å². The lowest BCUT2D eigenvalue weighted by molar-refractivity contribution is 1.20. The summed E-state index contributed by atoms with van der Waals surface area (Å²) in [6.45, 7) is 0. The van der Waals surface area contributed by atoms with Crippen molar-refractivity contribution >= 4 is 138 Å². The quantitative estimate of drug-likeness (QED) is 0.170. The van der Waals surface area contributed by atoms with Crippen LogP contribution < -0.4 is 11.1 Å². The summed E-state index contributed by atoms with van der Waals surface area (Å²) < 4.78 is 10.0. The van der Waals surface area contributed by atoms with Gasteiger partial charge in [-0.3, -0.25) is 9.59 Å². The van der Waals surface area contributed by atoms with Gasteiger partial charge in [0.15, 0.2) is 9.92 Å². The van der Waals surface area contributed by atoms with Crippen LogP contribution in [-0.2, 0) is 0 Å². The number of thiophene rings is 2. The van der Waals surface area contributed by atoms with Crippen molar-refractivity contribution in [3.05, 3.63) is 130 Å². The maximum absolute atomic E-state index is 14.1. The Labute approximate surface area is 296 Å². The van der Waals surface area contributed by atoms with E-state index >= 15 is 0 Å². The van der Waals surface area contributed by atoms with Crippen molar-refractivity contribution < 1.29 is 0 Å². The van der Waals surface area contributed by atoms with Crippen molar-refractivity contribution in [3.63, 3.8) is 0 Å². The molecule has 0 N–H and O–H groups in total. The van der Waals surface area contributed by atoms with Crippen LogP contribution in [0.2, 0.25) is 0 Å². The Balaban J connectivity index is 1.04. The highest BCUT2D eigenvalue weighted by Crippen LogP contribution is 2.42. The number of benzene rings is 6. The van der Waals surface area contributed by atoms with E-state index in [0.717, 1.165) is 67.5 Å². The molecule has 0 amide bonds. The van der Waals surface area contributed by atoms with Crippen molar-refractivity contribution in [2.24, 2.45) is 0 Å². The second-order valence-electron chi connectivity index (χ2n) is 12.5. The summed E-state index contributed by atoms with van der Waals surface area (Å²) in [4.78, 5) is 39.0. The first-order valence-corrected chi connectivity index (χ1v) is 19.2. The molecule has 0 saturated carbocycles. The molecule has 6 heterocycles. The smallest absolute Gasteiger partial charge is 0.266 e. The van der Waals surface area contributed by atoms with Crippen LogP contribution in [0, 0.1) is 0 Å². The summed E-state index contributed by atoms with van der Waals surface area (Å²) in [5, 5.41) is 6.11. The molecule has 12 aromatic rings. The Hall–Kier alpha value is -5.52. The van der Waals surface area contributed by atoms with Crippen molar-refractivity contribution in [1.29, 1.82) is 0 Å². The van der Waals surface area contributed by atoms with Crippen LogP contribution in [0.25, 0.3) is 104 Å². The van der Waals surface area contributed by atoms with Crippen LogP contribution in [0.4, 0.5) is 0 Å². The van der Waals surface area contributed by atoms with E-state index < -0.39 is 0 Å². The number of nitrogens with zero attached hydrogens (tertiary/aromatic N) is 4. The molecule has 0 radical (unpaired) electrons. The normalized spacial score (nSPS) is 12.6. The first kappa shape index (κ1) is 27.3. The third-order valence-corrected chi connectivity index (χ3v) is 14.5. The third-order valence-electron chi connectivity index (χ3n) is 9.84. The number of aromatic nitrogens is 4.